The second kappa shape index (κ2) is 19.8. The zero-order valence-corrected chi connectivity index (χ0v) is 28.5. The van der Waals surface area contributed by atoms with Crippen LogP contribution in [0.4, 0.5) is 24.7 Å². The number of hydrogen-bond acceptors (Lipinski definition) is 8. The van der Waals surface area contributed by atoms with Gasteiger partial charge in [-0.1, -0.05) is 29.8 Å². The molecule has 3 heterocycles. The molecule has 2 aliphatic rings. The van der Waals surface area contributed by atoms with Gasteiger partial charge in [-0.15, -0.1) is 0 Å². The van der Waals surface area contributed by atoms with Crippen molar-refractivity contribution in [2.45, 2.75) is 49.3 Å². The van der Waals surface area contributed by atoms with Crippen LogP contribution in [0.2, 0.25) is 5.02 Å². The summed E-state index contributed by atoms with van der Waals surface area (Å²) in [6.07, 6.45) is 9.99. The Balaban J connectivity index is 0.000000243. The van der Waals surface area contributed by atoms with E-state index in [0.717, 1.165) is 18.2 Å². The number of aromatic nitrogens is 2. The smallest absolute Gasteiger partial charge is 0.252 e. The van der Waals surface area contributed by atoms with Gasteiger partial charge in [0.1, 0.15) is 11.6 Å². The van der Waals surface area contributed by atoms with E-state index in [2.05, 4.69) is 27.9 Å². The standard InChI is InChI=1S/C13H14ClF2NOS.C10H9N3O.C7H7FN2O.C2H6S/c14-10-4-2-1-3-8(10)5-11(19)12(18)17-9-6-13(15,16)7-9;11-7-8-3-4-12-9(6-8)13-5-1-2-10(13)14;1-10(5-11)7-2-6(8)3-9-4-7;1-3-2/h1-4,9,11,19H,5-7H2,(H,17,18);3-4,6H,1-2,5H2;2-5H,1H3;1-2H3. The van der Waals surface area contributed by atoms with Crippen molar-refractivity contribution >= 4 is 65.7 Å². The molecule has 1 unspecified atom stereocenters. The van der Waals surface area contributed by atoms with Crippen LogP contribution in [0, 0.1) is 17.1 Å². The second-order valence-electron chi connectivity index (χ2n) is 10.4. The van der Waals surface area contributed by atoms with Crippen molar-refractivity contribution in [3.8, 4) is 6.07 Å². The molecule has 2 aromatic heterocycles. The van der Waals surface area contributed by atoms with Gasteiger partial charge < -0.3 is 10.2 Å². The highest BCUT2D eigenvalue weighted by Crippen LogP contribution is 2.37. The van der Waals surface area contributed by atoms with E-state index < -0.39 is 23.0 Å². The van der Waals surface area contributed by atoms with Crippen LogP contribution in [0.5, 0.6) is 0 Å². The molecule has 47 heavy (non-hydrogen) atoms. The van der Waals surface area contributed by atoms with E-state index in [1.165, 1.54) is 24.2 Å². The molecule has 252 valence electrons. The topological polar surface area (TPSA) is 119 Å². The Morgan fingerprint density at radius 3 is 2.51 bits per heavy atom. The maximum absolute atomic E-state index is 12.7. The minimum atomic E-state index is -2.63. The van der Waals surface area contributed by atoms with Crippen LogP contribution in [0.1, 0.15) is 36.8 Å². The fourth-order valence-electron chi connectivity index (χ4n) is 4.21. The summed E-state index contributed by atoms with van der Waals surface area (Å²) in [5.41, 5.74) is 1.80. The molecule has 0 radical (unpaired) electrons. The first-order valence-electron chi connectivity index (χ1n) is 14.3. The van der Waals surface area contributed by atoms with Gasteiger partial charge in [-0.05, 0) is 49.1 Å². The molecule has 1 saturated carbocycles. The highest BCUT2D eigenvalue weighted by atomic mass is 35.5. The first-order valence-corrected chi connectivity index (χ1v) is 16.8. The lowest BCUT2D eigenvalue weighted by molar-refractivity contribution is -0.128. The van der Waals surface area contributed by atoms with Crippen LogP contribution in [0.15, 0.2) is 61.1 Å². The summed E-state index contributed by atoms with van der Waals surface area (Å²) < 4.78 is 37.8. The molecule has 0 spiro atoms. The quantitative estimate of drug-likeness (QED) is 0.230. The molecule has 5 rings (SSSR count). The Kier molecular flexibility index (Phi) is 16.6. The third-order valence-corrected chi connectivity index (χ3v) is 7.38. The van der Waals surface area contributed by atoms with E-state index in [-0.39, 0.29) is 24.7 Å². The third kappa shape index (κ3) is 13.5. The first kappa shape index (κ1) is 39.4. The summed E-state index contributed by atoms with van der Waals surface area (Å²) in [5.74, 6) is -2.73. The largest absolute Gasteiger partial charge is 0.352 e. The summed E-state index contributed by atoms with van der Waals surface area (Å²) in [6.45, 7) is 0.709. The third-order valence-electron chi connectivity index (χ3n) is 6.59. The molecule has 1 aliphatic heterocycles. The van der Waals surface area contributed by atoms with E-state index in [4.69, 9.17) is 16.9 Å². The van der Waals surface area contributed by atoms with Gasteiger partial charge in [-0.3, -0.25) is 24.3 Å². The Morgan fingerprint density at radius 1 is 1.28 bits per heavy atom. The molecule has 1 aliphatic carbocycles. The van der Waals surface area contributed by atoms with Crippen LogP contribution in [0.25, 0.3) is 0 Å². The van der Waals surface area contributed by atoms with Gasteiger partial charge in [0.05, 0.1) is 35.0 Å². The number of alkyl halides is 2. The van der Waals surface area contributed by atoms with Crippen molar-refractivity contribution in [1.29, 1.82) is 5.26 Å². The average Bonchev–Trinajstić information content (AvgIpc) is 3.47. The lowest BCUT2D eigenvalue weighted by Crippen LogP contribution is -2.52. The number of carbonyl (C=O) groups is 3. The van der Waals surface area contributed by atoms with Gasteiger partial charge in [-0.25, -0.2) is 18.2 Å². The Labute approximate surface area is 287 Å². The van der Waals surface area contributed by atoms with Gasteiger partial charge >= 0.3 is 0 Å². The highest BCUT2D eigenvalue weighted by Gasteiger charge is 2.46. The number of rotatable bonds is 7. The van der Waals surface area contributed by atoms with Crippen molar-refractivity contribution in [2.24, 2.45) is 0 Å². The minimum Gasteiger partial charge on any atom is -0.352 e. The van der Waals surface area contributed by atoms with Crippen molar-refractivity contribution in [3.63, 3.8) is 0 Å². The lowest BCUT2D eigenvalue weighted by Gasteiger charge is -2.35. The SMILES string of the molecule is CN(C=O)c1cncc(F)c1.CSC.N#Cc1ccnc(N2CCCC2=O)c1.O=C(NC1CC(F)(F)C1)C(S)Cc1ccccc1Cl. The number of nitrogens with zero attached hydrogens (tertiary/aromatic N) is 5. The predicted octanol–water partition coefficient (Wildman–Crippen LogP) is 5.97. The maximum atomic E-state index is 12.7. The van der Waals surface area contributed by atoms with Crippen LogP contribution in [-0.2, 0) is 20.8 Å². The Hall–Kier alpha value is -3.80. The number of halogens is 4. The molecular formula is C32H36ClF3N6O3S2. The lowest BCUT2D eigenvalue weighted by atomic mass is 9.88. The zero-order valence-electron chi connectivity index (χ0n) is 26.1. The molecule has 1 N–H and O–H groups in total. The zero-order chi connectivity index (χ0) is 35.0. The number of benzene rings is 1. The fraction of sp³-hybridized carbons (Fsp3) is 0.375. The summed E-state index contributed by atoms with van der Waals surface area (Å²) in [5, 5.41) is 11.2. The van der Waals surface area contributed by atoms with Crippen molar-refractivity contribution < 1.29 is 27.6 Å². The number of thioether (sulfide) groups is 1. The van der Waals surface area contributed by atoms with Gasteiger partial charge in [0, 0.05) is 56.2 Å². The molecule has 2 fully saturated rings. The van der Waals surface area contributed by atoms with E-state index in [1.54, 1.807) is 47.1 Å². The molecule has 15 heteroatoms. The normalized spacial score (nSPS) is 15.1. The molecular weight excluding hydrogens is 673 g/mol. The predicted molar refractivity (Wildman–Crippen MR) is 183 cm³/mol. The van der Waals surface area contributed by atoms with Crippen LogP contribution < -0.4 is 15.1 Å². The maximum Gasteiger partial charge on any atom is 0.252 e. The summed E-state index contributed by atoms with van der Waals surface area (Å²) in [6, 6.07) is 13.3. The number of pyridine rings is 2. The molecule has 3 amide bonds. The second-order valence-corrected chi connectivity index (χ2v) is 12.3. The van der Waals surface area contributed by atoms with Gasteiger partial charge in [0.25, 0.3) is 5.92 Å². The molecule has 9 nitrogen and oxygen atoms in total. The Bertz CT molecular complexity index is 1520. The Morgan fingerprint density at radius 2 is 1.96 bits per heavy atom. The first-order chi connectivity index (χ1) is 22.3. The van der Waals surface area contributed by atoms with E-state index in [0.29, 0.717) is 47.9 Å². The fourth-order valence-corrected chi connectivity index (χ4v) is 4.69. The number of hydrogen-bond donors (Lipinski definition) is 2. The van der Waals surface area contributed by atoms with Crippen molar-refractivity contribution in [3.05, 3.63) is 83.0 Å². The van der Waals surface area contributed by atoms with Crippen LogP contribution in [-0.4, -0.2) is 71.5 Å². The highest BCUT2D eigenvalue weighted by molar-refractivity contribution is 7.97. The number of anilines is 2. The molecule has 1 aromatic carbocycles. The molecule has 3 aromatic rings. The van der Waals surface area contributed by atoms with Gasteiger partial charge in [0.2, 0.25) is 18.2 Å². The number of amides is 3. The molecule has 0 bridgehead atoms. The van der Waals surface area contributed by atoms with Gasteiger partial charge in [-0.2, -0.15) is 29.7 Å². The monoisotopic (exact) mass is 708 g/mol. The van der Waals surface area contributed by atoms with E-state index in [9.17, 15) is 27.6 Å². The van der Waals surface area contributed by atoms with Gasteiger partial charge in [0.15, 0.2) is 0 Å². The number of carbonyl (C=O) groups excluding carboxylic acids is 3. The van der Waals surface area contributed by atoms with E-state index in [1.807, 2.05) is 30.7 Å². The summed E-state index contributed by atoms with van der Waals surface area (Å²) in [7, 11) is 1.53. The number of thiol groups is 1. The van der Waals surface area contributed by atoms with Crippen LogP contribution >= 0.6 is 36.0 Å². The number of nitriles is 1. The average molecular weight is 709 g/mol. The molecule has 1 saturated heterocycles. The minimum absolute atomic E-state index is 0.0904. The summed E-state index contributed by atoms with van der Waals surface area (Å²) in [4.78, 5) is 43.9. The van der Waals surface area contributed by atoms with E-state index >= 15 is 0 Å². The van der Waals surface area contributed by atoms with Crippen LogP contribution in [0.3, 0.4) is 0 Å². The molecule has 1 atom stereocenters. The van der Waals surface area contributed by atoms with Crippen molar-refractivity contribution in [2.75, 3.05) is 35.9 Å². The summed E-state index contributed by atoms with van der Waals surface area (Å²) >= 11 is 11.9. The number of nitrogens with one attached hydrogen (secondary N) is 1. The van der Waals surface area contributed by atoms with Crippen molar-refractivity contribution in [1.82, 2.24) is 15.3 Å².